The Morgan fingerprint density at radius 3 is 2.44 bits per heavy atom. The molecule has 2 aromatic rings. The number of amides is 2. The summed E-state index contributed by atoms with van der Waals surface area (Å²) in [6, 6.07) is 12.9. The number of aryl methyl sites for hydroxylation is 1. The fourth-order valence-corrected chi connectivity index (χ4v) is 2.86. The molecule has 0 spiro atoms. The first-order chi connectivity index (χ1) is 13.0. The molecule has 144 valence electrons. The summed E-state index contributed by atoms with van der Waals surface area (Å²) < 4.78 is 10.5. The maximum Gasteiger partial charge on any atom is 0.226 e. The molecule has 6 nitrogen and oxygen atoms in total. The Balaban J connectivity index is 2.10. The maximum absolute atomic E-state index is 12.4. The predicted molar refractivity (Wildman–Crippen MR) is 107 cm³/mol. The molecule has 0 radical (unpaired) electrons. The molecule has 6 heteroatoms. The number of hydrogen-bond acceptors (Lipinski definition) is 4. The molecule has 0 bridgehead atoms. The Kier molecular flexibility index (Phi) is 7.23. The van der Waals surface area contributed by atoms with E-state index in [9.17, 15) is 9.59 Å². The van der Waals surface area contributed by atoms with Gasteiger partial charge in [0.05, 0.1) is 19.9 Å². The average molecular weight is 370 g/mol. The van der Waals surface area contributed by atoms with Crippen LogP contribution in [0.2, 0.25) is 0 Å². The highest BCUT2D eigenvalue weighted by Crippen LogP contribution is 2.29. The molecule has 0 atom stereocenters. The maximum atomic E-state index is 12.4. The lowest BCUT2D eigenvalue weighted by Gasteiger charge is -2.23. The van der Waals surface area contributed by atoms with Crippen LogP contribution in [0.3, 0.4) is 0 Å². The zero-order chi connectivity index (χ0) is 19.8. The van der Waals surface area contributed by atoms with E-state index in [4.69, 9.17) is 9.47 Å². The van der Waals surface area contributed by atoms with Crippen molar-refractivity contribution in [2.75, 3.05) is 31.0 Å². The third kappa shape index (κ3) is 5.23. The van der Waals surface area contributed by atoms with Crippen molar-refractivity contribution in [3.05, 3.63) is 48.0 Å². The second kappa shape index (κ2) is 9.62. The SMILES string of the molecule is CCc1ccccc1N(CCC(=O)Nc1cc(OC)ccc1OC)C(C)=O. The zero-order valence-electron chi connectivity index (χ0n) is 16.2. The van der Waals surface area contributed by atoms with E-state index >= 15 is 0 Å². The van der Waals surface area contributed by atoms with Gasteiger partial charge in [0.2, 0.25) is 11.8 Å². The number of hydrogen-bond donors (Lipinski definition) is 1. The molecule has 0 aliphatic rings. The Morgan fingerprint density at radius 1 is 1.07 bits per heavy atom. The number of nitrogens with one attached hydrogen (secondary N) is 1. The highest BCUT2D eigenvalue weighted by molar-refractivity contribution is 5.96. The lowest BCUT2D eigenvalue weighted by molar-refractivity contribution is -0.117. The van der Waals surface area contributed by atoms with Crippen molar-refractivity contribution in [1.29, 1.82) is 0 Å². The third-order valence-corrected chi connectivity index (χ3v) is 4.29. The number of carbonyl (C=O) groups is 2. The van der Waals surface area contributed by atoms with Gasteiger partial charge in [0.15, 0.2) is 0 Å². The molecule has 0 saturated carbocycles. The molecule has 2 amide bonds. The predicted octanol–water partition coefficient (Wildman–Crippen LogP) is 3.65. The van der Waals surface area contributed by atoms with E-state index in [1.165, 1.54) is 14.0 Å². The summed E-state index contributed by atoms with van der Waals surface area (Å²) in [7, 11) is 3.10. The standard InChI is InChI=1S/C21H26N2O4/c1-5-16-8-6-7-9-19(16)23(15(2)24)13-12-21(25)22-18-14-17(26-3)10-11-20(18)27-4/h6-11,14H,5,12-13H2,1-4H3,(H,22,25). The first-order valence-electron chi connectivity index (χ1n) is 8.88. The van der Waals surface area contributed by atoms with Gasteiger partial charge in [-0.05, 0) is 30.2 Å². The molecule has 0 aromatic heterocycles. The van der Waals surface area contributed by atoms with Gasteiger partial charge in [0.25, 0.3) is 0 Å². The largest absolute Gasteiger partial charge is 0.497 e. The molecule has 27 heavy (non-hydrogen) atoms. The molecule has 2 rings (SSSR count). The Hall–Kier alpha value is -3.02. The van der Waals surface area contributed by atoms with E-state index in [-0.39, 0.29) is 18.2 Å². The van der Waals surface area contributed by atoms with Crippen molar-refractivity contribution >= 4 is 23.2 Å². The monoisotopic (exact) mass is 370 g/mol. The highest BCUT2D eigenvalue weighted by atomic mass is 16.5. The minimum Gasteiger partial charge on any atom is -0.497 e. The van der Waals surface area contributed by atoms with Crippen molar-refractivity contribution in [3.8, 4) is 11.5 Å². The van der Waals surface area contributed by atoms with Crippen molar-refractivity contribution in [3.63, 3.8) is 0 Å². The molecule has 0 saturated heterocycles. The van der Waals surface area contributed by atoms with Crippen LogP contribution in [-0.4, -0.2) is 32.6 Å². The summed E-state index contributed by atoms with van der Waals surface area (Å²) in [5.41, 5.74) is 2.45. The smallest absolute Gasteiger partial charge is 0.226 e. The molecule has 0 fully saturated rings. The van der Waals surface area contributed by atoms with E-state index in [2.05, 4.69) is 5.32 Å². The zero-order valence-corrected chi connectivity index (χ0v) is 16.2. The molecule has 2 aromatic carbocycles. The molecule has 0 heterocycles. The molecule has 0 aliphatic carbocycles. The highest BCUT2D eigenvalue weighted by Gasteiger charge is 2.17. The van der Waals surface area contributed by atoms with Crippen LogP contribution in [0.4, 0.5) is 11.4 Å². The van der Waals surface area contributed by atoms with Gasteiger partial charge in [-0.25, -0.2) is 0 Å². The van der Waals surface area contributed by atoms with Crippen molar-refractivity contribution in [1.82, 2.24) is 0 Å². The number of ether oxygens (including phenoxy) is 2. The Labute approximate surface area is 160 Å². The van der Waals surface area contributed by atoms with Gasteiger partial charge in [-0.2, -0.15) is 0 Å². The number of anilines is 2. The van der Waals surface area contributed by atoms with Crippen LogP contribution in [0.1, 0.15) is 25.8 Å². The first kappa shape index (κ1) is 20.3. The van der Waals surface area contributed by atoms with Crippen molar-refractivity contribution in [2.24, 2.45) is 0 Å². The van der Waals surface area contributed by atoms with Gasteiger partial charge in [-0.3, -0.25) is 9.59 Å². The summed E-state index contributed by atoms with van der Waals surface area (Å²) in [5.74, 6) is 0.863. The number of para-hydroxylation sites is 1. The quantitative estimate of drug-likeness (QED) is 0.770. The molecular formula is C21H26N2O4. The number of rotatable bonds is 8. The van der Waals surface area contributed by atoms with E-state index in [0.29, 0.717) is 23.7 Å². The van der Waals surface area contributed by atoms with Gasteiger partial charge < -0.3 is 19.7 Å². The third-order valence-electron chi connectivity index (χ3n) is 4.29. The van der Waals surface area contributed by atoms with Crippen molar-refractivity contribution in [2.45, 2.75) is 26.7 Å². The van der Waals surface area contributed by atoms with Crippen LogP contribution < -0.4 is 19.7 Å². The van der Waals surface area contributed by atoms with E-state index in [1.54, 1.807) is 30.2 Å². The second-order valence-corrected chi connectivity index (χ2v) is 6.02. The summed E-state index contributed by atoms with van der Waals surface area (Å²) in [4.78, 5) is 26.2. The fourth-order valence-electron chi connectivity index (χ4n) is 2.86. The lowest BCUT2D eigenvalue weighted by Crippen LogP contribution is -2.32. The van der Waals surface area contributed by atoms with E-state index in [1.807, 2.05) is 31.2 Å². The van der Waals surface area contributed by atoms with Gasteiger partial charge in [-0.15, -0.1) is 0 Å². The minimum absolute atomic E-state index is 0.0948. The molecular weight excluding hydrogens is 344 g/mol. The molecule has 0 aliphatic heterocycles. The minimum atomic E-state index is -0.207. The second-order valence-electron chi connectivity index (χ2n) is 6.02. The van der Waals surface area contributed by atoms with Crippen LogP contribution in [0.25, 0.3) is 0 Å². The van der Waals surface area contributed by atoms with Gasteiger partial charge in [-0.1, -0.05) is 25.1 Å². The summed E-state index contributed by atoms with van der Waals surface area (Å²) in [6.07, 6.45) is 0.977. The fraction of sp³-hybridized carbons (Fsp3) is 0.333. The van der Waals surface area contributed by atoms with Gasteiger partial charge in [0.1, 0.15) is 11.5 Å². The molecule has 0 unspecified atom stereocenters. The lowest BCUT2D eigenvalue weighted by atomic mass is 10.1. The number of nitrogens with zero attached hydrogens (tertiary/aromatic N) is 1. The summed E-state index contributed by atoms with van der Waals surface area (Å²) in [5, 5.41) is 2.83. The van der Waals surface area contributed by atoms with Crippen molar-refractivity contribution < 1.29 is 19.1 Å². The Bertz CT molecular complexity index is 805. The van der Waals surface area contributed by atoms with Gasteiger partial charge in [0, 0.05) is 31.6 Å². The summed E-state index contributed by atoms with van der Waals surface area (Å²) >= 11 is 0. The van der Waals surface area contributed by atoms with Crippen LogP contribution in [0, 0.1) is 0 Å². The first-order valence-corrected chi connectivity index (χ1v) is 8.88. The van der Waals surface area contributed by atoms with E-state index in [0.717, 1.165) is 17.7 Å². The molecule has 1 N–H and O–H groups in total. The average Bonchev–Trinajstić information content (AvgIpc) is 2.68. The topological polar surface area (TPSA) is 67.9 Å². The number of benzene rings is 2. The normalized spacial score (nSPS) is 10.2. The van der Waals surface area contributed by atoms with Crippen LogP contribution in [0.15, 0.2) is 42.5 Å². The van der Waals surface area contributed by atoms with Crippen LogP contribution in [-0.2, 0) is 16.0 Å². The van der Waals surface area contributed by atoms with Crippen LogP contribution in [0.5, 0.6) is 11.5 Å². The number of carbonyl (C=O) groups excluding carboxylic acids is 2. The van der Waals surface area contributed by atoms with E-state index < -0.39 is 0 Å². The van der Waals surface area contributed by atoms with Gasteiger partial charge >= 0.3 is 0 Å². The van der Waals surface area contributed by atoms with Crippen LogP contribution >= 0.6 is 0 Å². The summed E-state index contributed by atoms with van der Waals surface area (Å²) in [6.45, 7) is 3.85. The number of methoxy groups -OCH3 is 2. The Morgan fingerprint density at radius 2 is 1.81 bits per heavy atom.